The molecule has 0 bridgehead atoms. The molecular formula is C18H22Cl4O3. The van der Waals surface area contributed by atoms with E-state index in [0.29, 0.717) is 41.4 Å². The largest absolute Gasteiger partial charge is 0.490 e. The van der Waals surface area contributed by atoms with Gasteiger partial charge in [-0.15, -0.1) is 0 Å². The summed E-state index contributed by atoms with van der Waals surface area (Å²) in [5.41, 5.74) is 1.25. The fourth-order valence-corrected chi connectivity index (χ4v) is 2.45. The van der Waals surface area contributed by atoms with Gasteiger partial charge in [-0.1, -0.05) is 58.1 Å². The van der Waals surface area contributed by atoms with E-state index in [0.717, 1.165) is 12.8 Å². The lowest BCUT2D eigenvalue weighted by Crippen LogP contribution is -2.02. The number of ether oxygens (including phenoxy) is 3. The molecule has 140 valence electrons. The van der Waals surface area contributed by atoms with Crippen LogP contribution >= 0.6 is 46.4 Å². The van der Waals surface area contributed by atoms with Crippen molar-refractivity contribution < 1.29 is 14.2 Å². The molecule has 0 heterocycles. The van der Waals surface area contributed by atoms with E-state index < -0.39 is 0 Å². The van der Waals surface area contributed by atoms with Crippen LogP contribution in [0, 0.1) is 0 Å². The molecule has 0 saturated carbocycles. The summed E-state index contributed by atoms with van der Waals surface area (Å²) in [6, 6.07) is 3.28. The van der Waals surface area contributed by atoms with Crippen molar-refractivity contribution in [1.29, 1.82) is 0 Å². The highest BCUT2D eigenvalue weighted by Gasteiger charge is 2.10. The summed E-state index contributed by atoms with van der Waals surface area (Å²) in [6.07, 6.45) is 5.32. The van der Waals surface area contributed by atoms with E-state index in [9.17, 15) is 0 Å². The van der Waals surface area contributed by atoms with Crippen molar-refractivity contribution in [2.24, 2.45) is 0 Å². The Balaban J connectivity index is 2.36. The molecule has 0 saturated heterocycles. The van der Waals surface area contributed by atoms with Gasteiger partial charge < -0.3 is 14.2 Å². The van der Waals surface area contributed by atoms with Gasteiger partial charge in [-0.3, -0.25) is 0 Å². The van der Waals surface area contributed by atoms with Gasteiger partial charge >= 0.3 is 0 Å². The molecule has 0 aromatic heterocycles. The first kappa shape index (κ1) is 22.5. The molecule has 0 atom stereocenters. The van der Waals surface area contributed by atoms with Gasteiger partial charge in [0.25, 0.3) is 0 Å². The third kappa shape index (κ3) is 10.2. The Morgan fingerprint density at radius 1 is 0.920 bits per heavy atom. The summed E-state index contributed by atoms with van der Waals surface area (Å²) in [5.74, 6) is 0.966. The molecule has 1 rings (SSSR count). The minimum absolute atomic E-state index is 0.141. The lowest BCUT2D eigenvalue weighted by Gasteiger charge is -2.12. The van der Waals surface area contributed by atoms with Gasteiger partial charge in [0, 0.05) is 18.7 Å². The number of hydrogen-bond donors (Lipinski definition) is 0. The first-order chi connectivity index (χ1) is 11.9. The van der Waals surface area contributed by atoms with Crippen LogP contribution in [0.5, 0.6) is 11.5 Å². The Kier molecular flexibility index (Phi) is 11.4. The van der Waals surface area contributed by atoms with E-state index in [1.807, 2.05) is 13.8 Å². The van der Waals surface area contributed by atoms with Gasteiger partial charge in [0.1, 0.15) is 16.8 Å². The summed E-state index contributed by atoms with van der Waals surface area (Å²) in [4.78, 5) is 0. The number of hydrogen-bond acceptors (Lipinski definition) is 3. The molecule has 0 unspecified atom stereocenters. The van der Waals surface area contributed by atoms with Crippen molar-refractivity contribution in [3.05, 3.63) is 44.4 Å². The average Bonchev–Trinajstić information content (AvgIpc) is 2.51. The van der Waals surface area contributed by atoms with Crippen molar-refractivity contribution in [3.63, 3.8) is 0 Å². The summed E-state index contributed by atoms with van der Waals surface area (Å²) in [6.45, 7) is 6.16. The summed E-state index contributed by atoms with van der Waals surface area (Å²) >= 11 is 23.4. The summed E-state index contributed by atoms with van der Waals surface area (Å²) in [7, 11) is 0. The van der Waals surface area contributed by atoms with Crippen molar-refractivity contribution in [2.45, 2.75) is 26.7 Å². The number of benzene rings is 1. The number of allylic oxidation sites excluding steroid dienone is 1. The van der Waals surface area contributed by atoms with Crippen LogP contribution < -0.4 is 9.47 Å². The molecule has 0 N–H and O–H groups in total. The number of rotatable bonds is 11. The van der Waals surface area contributed by atoms with Crippen LogP contribution in [0.25, 0.3) is 0 Å². The molecular weight excluding hydrogens is 406 g/mol. The van der Waals surface area contributed by atoms with Gasteiger partial charge in [-0.05, 0) is 32.8 Å². The van der Waals surface area contributed by atoms with Crippen LogP contribution in [0.3, 0.4) is 0 Å². The third-order valence-corrected chi connectivity index (χ3v) is 3.87. The molecule has 1 aromatic rings. The quantitative estimate of drug-likeness (QED) is 0.286. The van der Waals surface area contributed by atoms with Crippen LogP contribution in [0.2, 0.25) is 10.0 Å². The van der Waals surface area contributed by atoms with Gasteiger partial charge in [0.2, 0.25) is 0 Å². The summed E-state index contributed by atoms with van der Waals surface area (Å²) in [5, 5.41) is 0.784. The topological polar surface area (TPSA) is 27.7 Å². The highest BCUT2D eigenvalue weighted by Crippen LogP contribution is 2.37. The highest BCUT2D eigenvalue weighted by atomic mass is 35.5. The van der Waals surface area contributed by atoms with Crippen LogP contribution in [0.1, 0.15) is 26.7 Å². The zero-order chi connectivity index (χ0) is 18.7. The zero-order valence-corrected chi connectivity index (χ0v) is 17.3. The predicted octanol–water partition coefficient (Wildman–Crippen LogP) is 6.83. The van der Waals surface area contributed by atoms with E-state index >= 15 is 0 Å². The smallest absolute Gasteiger partial charge is 0.156 e. The standard InChI is InChI=1S/C18H22Cl4O3/c1-13(2)5-9-23-7-3-4-8-25-18-15(19)11-14(12-16(18)20)24-10-6-17(21)22/h5-6,11-12H,3-4,7-10H2,1-2H3. The fourth-order valence-electron chi connectivity index (χ4n) is 1.75. The summed E-state index contributed by atoms with van der Waals surface area (Å²) < 4.78 is 16.7. The Bertz CT molecular complexity index is 569. The second kappa shape index (κ2) is 12.7. The monoisotopic (exact) mass is 426 g/mol. The van der Waals surface area contributed by atoms with Gasteiger partial charge in [0.15, 0.2) is 5.75 Å². The van der Waals surface area contributed by atoms with E-state index in [1.165, 1.54) is 11.6 Å². The molecule has 0 aliphatic carbocycles. The van der Waals surface area contributed by atoms with Crippen LogP contribution in [-0.2, 0) is 4.74 Å². The van der Waals surface area contributed by atoms with E-state index in [-0.39, 0.29) is 11.1 Å². The molecule has 1 aromatic carbocycles. The molecule has 25 heavy (non-hydrogen) atoms. The second-order valence-electron chi connectivity index (χ2n) is 5.43. The SMILES string of the molecule is CC(C)=CCOCCCCOc1c(Cl)cc(OCC=C(Cl)Cl)cc1Cl. The second-order valence-corrected chi connectivity index (χ2v) is 7.26. The zero-order valence-electron chi connectivity index (χ0n) is 14.3. The maximum atomic E-state index is 6.20. The molecule has 0 radical (unpaired) electrons. The van der Waals surface area contributed by atoms with Gasteiger partial charge in [0.05, 0.1) is 23.3 Å². The van der Waals surface area contributed by atoms with Crippen LogP contribution in [0.4, 0.5) is 0 Å². The van der Waals surface area contributed by atoms with Crippen molar-refractivity contribution in [1.82, 2.24) is 0 Å². The minimum atomic E-state index is 0.141. The predicted molar refractivity (Wildman–Crippen MR) is 107 cm³/mol. The molecule has 0 amide bonds. The lowest BCUT2D eigenvalue weighted by molar-refractivity contribution is 0.152. The fraction of sp³-hybridized carbons (Fsp3) is 0.444. The molecule has 7 heteroatoms. The van der Waals surface area contributed by atoms with E-state index in [2.05, 4.69) is 6.08 Å². The number of unbranched alkanes of at least 4 members (excludes halogenated alkanes) is 1. The van der Waals surface area contributed by atoms with Crippen LogP contribution in [0.15, 0.2) is 34.3 Å². The molecule has 3 nitrogen and oxygen atoms in total. The Morgan fingerprint density at radius 3 is 2.16 bits per heavy atom. The maximum Gasteiger partial charge on any atom is 0.156 e. The lowest BCUT2D eigenvalue weighted by atomic mass is 10.3. The Hall–Kier alpha value is -0.580. The minimum Gasteiger partial charge on any atom is -0.490 e. The first-order valence-electron chi connectivity index (χ1n) is 7.87. The Labute approximate surface area is 169 Å². The van der Waals surface area contributed by atoms with E-state index in [1.54, 1.807) is 12.1 Å². The Morgan fingerprint density at radius 2 is 1.56 bits per heavy atom. The normalized spacial score (nSPS) is 10.3. The molecule has 0 fully saturated rings. The van der Waals surface area contributed by atoms with Crippen molar-refractivity contribution >= 4 is 46.4 Å². The average molecular weight is 428 g/mol. The first-order valence-corrected chi connectivity index (χ1v) is 9.38. The van der Waals surface area contributed by atoms with Crippen LogP contribution in [-0.4, -0.2) is 26.4 Å². The molecule has 0 aliphatic heterocycles. The molecule has 0 aliphatic rings. The van der Waals surface area contributed by atoms with Gasteiger partial charge in [-0.25, -0.2) is 0 Å². The third-order valence-electron chi connectivity index (χ3n) is 3.00. The maximum absolute atomic E-state index is 6.20. The molecule has 0 spiro atoms. The van der Waals surface area contributed by atoms with Crippen molar-refractivity contribution in [3.8, 4) is 11.5 Å². The number of halogens is 4. The van der Waals surface area contributed by atoms with Crippen molar-refractivity contribution in [2.75, 3.05) is 26.4 Å². The highest BCUT2D eigenvalue weighted by molar-refractivity contribution is 6.55. The van der Waals surface area contributed by atoms with Gasteiger partial charge in [-0.2, -0.15) is 0 Å². The van der Waals surface area contributed by atoms with E-state index in [4.69, 9.17) is 60.6 Å².